The van der Waals surface area contributed by atoms with Crippen LogP contribution < -0.4 is 14.8 Å². The molecule has 14 heavy (non-hydrogen) atoms. The molecule has 0 fully saturated rings. The molecule has 0 aromatic heterocycles. The molecule has 1 N–H and O–H groups in total. The van der Waals surface area contributed by atoms with E-state index in [0.29, 0.717) is 18.0 Å². The van der Waals surface area contributed by atoms with Gasteiger partial charge >= 0.3 is 6.09 Å². The van der Waals surface area contributed by atoms with E-state index >= 15 is 0 Å². The molecule has 76 valence electrons. The van der Waals surface area contributed by atoms with Crippen LogP contribution in [0.2, 0.25) is 0 Å². The molecule has 0 aliphatic carbocycles. The van der Waals surface area contributed by atoms with Crippen LogP contribution in [-0.2, 0) is 0 Å². The van der Waals surface area contributed by atoms with Crippen molar-refractivity contribution in [2.24, 2.45) is 0 Å². The van der Waals surface area contributed by atoms with Gasteiger partial charge in [-0.3, -0.25) is 0 Å². The van der Waals surface area contributed by atoms with E-state index < -0.39 is 6.09 Å². The Morgan fingerprint density at radius 2 is 2.14 bits per heavy atom. The van der Waals surface area contributed by atoms with Crippen molar-refractivity contribution in [3.8, 4) is 11.5 Å². The molecule has 1 aromatic rings. The first-order valence-corrected chi connectivity index (χ1v) is 4.36. The summed E-state index contributed by atoms with van der Waals surface area (Å²) in [5.74, 6) is 1.13. The molecular weight excluding hydrogens is 182 g/mol. The van der Waals surface area contributed by atoms with Gasteiger partial charge in [-0.15, -0.1) is 0 Å². The highest BCUT2D eigenvalue weighted by Crippen LogP contribution is 2.18. The first-order valence-electron chi connectivity index (χ1n) is 4.36. The highest BCUT2D eigenvalue weighted by molar-refractivity contribution is 5.70. The van der Waals surface area contributed by atoms with Gasteiger partial charge in [0.2, 0.25) is 0 Å². The fourth-order valence-electron chi connectivity index (χ4n) is 0.952. The van der Waals surface area contributed by atoms with Gasteiger partial charge in [0.25, 0.3) is 0 Å². The summed E-state index contributed by atoms with van der Waals surface area (Å²) in [4.78, 5) is 11.0. The molecule has 0 heterocycles. The number of benzene rings is 1. The van der Waals surface area contributed by atoms with Gasteiger partial charge in [0.15, 0.2) is 0 Å². The zero-order valence-corrected chi connectivity index (χ0v) is 8.24. The van der Waals surface area contributed by atoms with Crippen molar-refractivity contribution in [3.63, 3.8) is 0 Å². The number of nitrogens with one attached hydrogen (secondary N) is 1. The van der Waals surface area contributed by atoms with Crippen molar-refractivity contribution in [1.82, 2.24) is 5.32 Å². The number of hydrogen-bond donors (Lipinski definition) is 1. The lowest BCUT2D eigenvalue weighted by atomic mass is 10.3. The monoisotopic (exact) mass is 195 g/mol. The average molecular weight is 195 g/mol. The maximum atomic E-state index is 11.0. The second kappa shape index (κ2) is 5.11. The Kier molecular flexibility index (Phi) is 3.79. The molecule has 1 rings (SSSR count). The van der Waals surface area contributed by atoms with Crippen molar-refractivity contribution >= 4 is 6.09 Å². The van der Waals surface area contributed by atoms with Crippen molar-refractivity contribution in [2.75, 3.05) is 13.7 Å². The largest absolute Gasteiger partial charge is 0.497 e. The van der Waals surface area contributed by atoms with Gasteiger partial charge in [-0.05, 0) is 19.1 Å². The molecule has 0 unspecified atom stereocenters. The van der Waals surface area contributed by atoms with E-state index in [0.717, 1.165) is 0 Å². The van der Waals surface area contributed by atoms with Crippen LogP contribution in [0.5, 0.6) is 11.5 Å². The summed E-state index contributed by atoms with van der Waals surface area (Å²) in [6.45, 7) is 2.37. The van der Waals surface area contributed by atoms with Crippen LogP contribution in [-0.4, -0.2) is 19.7 Å². The Morgan fingerprint density at radius 3 is 2.79 bits per heavy atom. The highest BCUT2D eigenvalue weighted by Gasteiger charge is 2.02. The number of rotatable bonds is 3. The van der Waals surface area contributed by atoms with Crippen LogP contribution in [0.15, 0.2) is 24.3 Å². The summed E-state index contributed by atoms with van der Waals surface area (Å²) in [5, 5.41) is 2.53. The van der Waals surface area contributed by atoms with Crippen molar-refractivity contribution < 1.29 is 14.3 Å². The number of carbonyl (C=O) groups excluding carboxylic acids is 1. The molecule has 0 aliphatic rings. The maximum Gasteiger partial charge on any atom is 0.412 e. The molecule has 0 aliphatic heterocycles. The number of amides is 1. The second-order valence-electron chi connectivity index (χ2n) is 2.60. The minimum Gasteiger partial charge on any atom is -0.497 e. The van der Waals surface area contributed by atoms with Gasteiger partial charge in [-0.2, -0.15) is 0 Å². The van der Waals surface area contributed by atoms with Crippen LogP contribution in [0.3, 0.4) is 0 Å². The van der Waals surface area contributed by atoms with E-state index in [9.17, 15) is 4.79 Å². The lowest BCUT2D eigenvalue weighted by Crippen LogP contribution is -2.26. The first-order chi connectivity index (χ1) is 6.76. The number of methoxy groups -OCH3 is 1. The van der Waals surface area contributed by atoms with Crippen molar-refractivity contribution in [3.05, 3.63) is 24.3 Å². The zero-order valence-electron chi connectivity index (χ0n) is 8.24. The fourth-order valence-corrected chi connectivity index (χ4v) is 0.952. The smallest absolute Gasteiger partial charge is 0.412 e. The van der Waals surface area contributed by atoms with E-state index in [1.54, 1.807) is 31.4 Å². The number of hydrogen-bond acceptors (Lipinski definition) is 3. The summed E-state index contributed by atoms with van der Waals surface area (Å²) in [5.41, 5.74) is 0. The lowest BCUT2D eigenvalue weighted by molar-refractivity contribution is 0.201. The van der Waals surface area contributed by atoms with E-state index in [1.807, 2.05) is 6.92 Å². The molecule has 0 radical (unpaired) electrons. The topological polar surface area (TPSA) is 47.6 Å². The Hall–Kier alpha value is -1.71. The fraction of sp³-hybridized carbons (Fsp3) is 0.300. The number of ether oxygens (including phenoxy) is 2. The summed E-state index contributed by atoms with van der Waals surface area (Å²) < 4.78 is 9.95. The molecule has 4 heteroatoms. The molecule has 1 amide bonds. The van der Waals surface area contributed by atoms with Crippen LogP contribution in [0.25, 0.3) is 0 Å². The third kappa shape index (κ3) is 2.97. The lowest BCUT2D eigenvalue weighted by Gasteiger charge is -2.05. The van der Waals surface area contributed by atoms with E-state index in [2.05, 4.69) is 5.32 Å². The van der Waals surface area contributed by atoms with Crippen molar-refractivity contribution in [1.29, 1.82) is 0 Å². The zero-order chi connectivity index (χ0) is 10.4. The Balaban J connectivity index is 2.62. The molecule has 0 bridgehead atoms. The summed E-state index contributed by atoms with van der Waals surface area (Å²) in [6, 6.07) is 6.88. The van der Waals surface area contributed by atoms with Crippen LogP contribution in [0.4, 0.5) is 4.79 Å². The van der Waals surface area contributed by atoms with E-state index in [1.165, 1.54) is 0 Å². The van der Waals surface area contributed by atoms with Crippen LogP contribution >= 0.6 is 0 Å². The van der Waals surface area contributed by atoms with Crippen molar-refractivity contribution in [2.45, 2.75) is 6.92 Å². The van der Waals surface area contributed by atoms with Gasteiger partial charge in [-0.25, -0.2) is 4.79 Å². The Labute approximate surface area is 82.8 Å². The quantitative estimate of drug-likeness (QED) is 0.800. The van der Waals surface area contributed by atoms with Gasteiger partial charge in [0, 0.05) is 12.6 Å². The molecule has 0 atom stereocenters. The van der Waals surface area contributed by atoms with Crippen LogP contribution in [0.1, 0.15) is 6.92 Å². The molecule has 1 aromatic carbocycles. The standard InChI is InChI=1S/C10H13NO3/c1-3-11-10(12)14-9-6-4-5-8(7-9)13-2/h4-7H,3H2,1-2H3,(H,11,12). The third-order valence-corrected chi connectivity index (χ3v) is 1.57. The Bertz CT molecular complexity index is 312. The number of carbonyl (C=O) groups is 1. The van der Waals surface area contributed by atoms with Gasteiger partial charge < -0.3 is 14.8 Å². The highest BCUT2D eigenvalue weighted by atomic mass is 16.6. The predicted molar refractivity (Wildman–Crippen MR) is 52.7 cm³/mol. The third-order valence-electron chi connectivity index (χ3n) is 1.57. The SMILES string of the molecule is CCNC(=O)Oc1cccc(OC)c1. The summed E-state index contributed by atoms with van der Waals surface area (Å²) >= 11 is 0. The molecule has 0 saturated carbocycles. The molecular formula is C10H13NO3. The van der Waals surface area contributed by atoms with Crippen LogP contribution in [0, 0.1) is 0 Å². The second-order valence-corrected chi connectivity index (χ2v) is 2.60. The first kappa shape index (κ1) is 10.4. The van der Waals surface area contributed by atoms with Gasteiger partial charge in [0.05, 0.1) is 7.11 Å². The average Bonchev–Trinajstić information content (AvgIpc) is 2.18. The molecule has 0 saturated heterocycles. The molecule has 4 nitrogen and oxygen atoms in total. The Morgan fingerprint density at radius 1 is 1.43 bits per heavy atom. The van der Waals surface area contributed by atoms with Gasteiger partial charge in [-0.1, -0.05) is 6.07 Å². The minimum atomic E-state index is -0.458. The summed E-state index contributed by atoms with van der Waals surface area (Å²) in [7, 11) is 1.56. The minimum absolute atomic E-state index is 0.458. The predicted octanol–water partition coefficient (Wildman–Crippen LogP) is 1.80. The van der Waals surface area contributed by atoms with E-state index in [-0.39, 0.29) is 0 Å². The van der Waals surface area contributed by atoms with E-state index in [4.69, 9.17) is 9.47 Å². The molecule has 0 spiro atoms. The van der Waals surface area contributed by atoms with Gasteiger partial charge in [0.1, 0.15) is 11.5 Å². The summed E-state index contributed by atoms with van der Waals surface area (Å²) in [6.07, 6.45) is -0.458. The normalized spacial score (nSPS) is 9.29. The maximum absolute atomic E-state index is 11.0.